The van der Waals surface area contributed by atoms with E-state index in [0.717, 1.165) is 48.2 Å². The number of aromatic amines is 1. The Labute approximate surface area is 132 Å². The molecule has 1 aliphatic heterocycles. The summed E-state index contributed by atoms with van der Waals surface area (Å²) in [4.78, 5) is 21.0. The summed E-state index contributed by atoms with van der Waals surface area (Å²) in [5, 5.41) is 11.2. The van der Waals surface area contributed by atoms with Crippen LogP contribution in [-0.2, 0) is 0 Å². The summed E-state index contributed by atoms with van der Waals surface area (Å²) in [6, 6.07) is 12.8. The first-order valence-electron chi connectivity index (χ1n) is 7.71. The van der Waals surface area contributed by atoms with Crippen LogP contribution in [0.4, 0.5) is 11.4 Å². The van der Waals surface area contributed by atoms with Crippen molar-refractivity contribution in [1.29, 1.82) is 0 Å². The summed E-state index contributed by atoms with van der Waals surface area (Å²) in [7, 11) is 0. The highest BCUT2D eigenvalue weighted by atomic mass is 16.6. The van der Waals surface area contributed by atoms with Gasteiger partial charge in [0.25, 0.3) is 5.69 Å². The van der Waals surface area contributed by atoms with Gasteiger partial charge in [0.2, 0.25) is 0 Å². The highest BCUT2D eigenvalue weighted by Crippen LogP contribution is 2.35. The number of imidazole rings is 1. The van der Waals surface area contributed by atoms with Crippen LogP contribution in [0, 0.1) is 10.1 Å². The van der Waals surface area contributed by atoms with Gasteiger partial charge in [0.05, 0.1) is 16.0 Å². The molecule has 4 rings (SSSR count). The van der Waals surface area contributed by atoms with Crippen molar-refractivity contribution in [3.63, 3.8) is 0 Å². The number of non-ortho nitro benzene ring substituents is 1. The van der Waals surface area contributed by atoms with Crippen LogP contribution in [0.3, 0.4) is 0 Å². The second-order valence-corrected chi connectivity index (χ2v) is 5.76. The quantitative estimate of drug-likeness (QED) is 0.591. The minimum atomic E-state index is -0.361. The van der Waals surface area contributed by atoms with Crippen molar-refractivity contribution in [1.82, 2.24) is 9.97 Å². The molecule has 2 aromatic carbocycles. The normalized spacial score (nSPS) is 14.5. The Kier molecular flexibility index (Phi) is 3.22. The topological polar surface area (TPSA) is 75.1 Å². The molecule has 116 valence electrons. The highest BCUT2D eigenvalue weighted by molar-refractivity contribution is 5.84. The van der Waals surface area contributed by atoms with Crippen LogP contribution in [0.25, 0.3) is 22.4 Å². The first kappa shape index (κ1) is 13.8. The van der Waals surface area contributed by atoms with Gasteiger partial charge in [-0.05, 0) is 31.0 Å². The number of nitrogens with one attached hydrogen (secondary N) is 1. The van der Waals surface area contributed by atoms with Crippen LogP contribution in [0.15, 0.2) is 42.5 Å². The van der Waals surface area contributed by atoms with Crippen molar-refractivity contribution >= 4 is 22.4 Å². The molecular formula is C17H16N4O2. The van der Waals surface area contributed by atoms with E-state index in [9.17, 15) is 10.1 Å². The van der Waals surface area contributed by atoms with E-state index in [1.807, 2.05) is 30.3 Å². The summed E-state index contributed by atoms with van der Waals surface area (Å²) < 4.78 is 0. The molecule has 3 aromatic rings. The van der Waals surface area contributed by atoms with E-state index in [1.54, 1.807) is 12.1 Å². The molecule has 0 amide bonds. The summed E-state index contributed by atoms with van der Waals surface area (Å²) in [5.74, 6) is 0.678. The fourth-order valence-corrected chi connectivity index (χ4v) is 3.14. The van der Waals surface area contributed by atoms with Gasteiger partial charge in [-0.15, -0.1) is 0 Å². The Bertz CT molecular complexity index is 848. The van der Waals surface area contributed by atoms with E-state index < -0.39 is 0 Å². The molecule has 0 unspecified atom stereocenters. The fourth-order valence-electron chi connectivity index (χ4n) is 3.14. The number of fused-ring (bicyclic) bond motifs is 1. The number of hydrogen-bond acceptors (Lipinski definition) is 4. The smallest absolute Gasteiger partial charge is 0.270 e. The zero-order valence-corrected chi connectivity index (χ0v) is 12.5. The maximum absolute atomic E-state index is 11.2. The number of anilines is 1. The van der Waals surface area contributed by atoms with Crippen molar-refractivity contribution in [3.8, 4) is 11.4 Å². The number of nitro benzene ring substituents is 1. The number of aromatic nitrogens is 2. The molecule has 0 radical (unpaired) electrons. The predicted octanol–water partition coefficient (Wildman–Crippen LogP) is 3.74. The molecule has 0 spiro atoms. The minimum Gasteiger partial charge on any atom is -0.371 e. The van der Waals surface area contributed by atoms with Crippen LogP contribution < -0.4 is 4.90 Å². The molecule has 1 saturated heterocycles. The molecule has 2 heterocycles. The number of rotatable bonds is 3. The van der Waals surface area contributed by atoms with Crippen molar-refractivity contribution in [3.05, 3.63) is 52.6 Å². The molecule has 0 aliphatic carbocycles. The van der Waals surface area contributed by atoms with Gasteiger partial charge < -0.3 is 9.88 Å². The van der Waals surface area contributed by atoms with Crippen molar-refractivity contribution in [2.45, 2.75) is 12.8 Å². The van der Waals surface area contributed by atoms with Gasteiger partial charge in [0.1, 0.15) is 5.82 Å². The maximum Gasteiger partial charge on any atom is 0.270 e. The maximum atomic E-state index is 11.2. The Morgan fingerprint density at radius 3 is 2.65 bits per heavy atom. The first-order chi connectivity index (χ1) is 11.2. The molecule has 0 bridgehead atoms. The number of benzene rings is 2. The SMILES string of the molecule is O=[N+]([O-])c1ccc(N2CCCC2)c(-c2nc3ccccc3[nH]2)c1. The van der Waals surface area contributed by atoms with Gasteiger partial charge in [-0.3, -0.25) is 10.1 Å². The molecular weight excluding hydrogens is 292 g/mol. The molecule has 0 atom stereocenters. The lowest BCUT2D eigenvalue weighted by atomic mass is 10.1. The van der Waals surface area contributed by atoms with E-state index in [4.69, 9.17) is 0 Å². The average molecular weight is 308 g/mol. The molecule has 23 heavy (non-hydrogen) atoms. The number of nitrogens with zero attached hydrogens (tertiary/aromatic N) is 3. The molecule has 6 heteroatoms. The summed E-state index contributed by atoms with van der Waals surface area (Å²) in [6.45, 7) is 1.95. The van der Waals surface area contributed by atoms with Crippen LogP contribution in [0.5, 0.6) is 0 Å². The predicted molar refractivity (Wildman–Crippen MR) is 89.6 cm³/mol. The lowest BCUT2D eigenvalue weighted by molar-refractivity contribution is -0.384. The van der Waals surface area contributed by atoms with E-state index in [-0.39, 0.29) is 10.6 Å². The third-order valence-electron chi connectivity index (χ3n) is 4.28. The Morgan fingerprint density at radius 2 is 1.91 bits per heavy atom. The first-order valence-corrected chi connectivity index (χ1v) is 7.71. The third-order valence-corrected chi connectivity index (χ3v) is 4.28. The Hall–Kier alpha value is -2.89. The standard InChI is InChI=1S/C17H16N4O2/c22-21(23)12-7-8-16(20-9-3-4-10-20)13(11-12)17-18-14-5-1-2-6-15(14)19-17/h1-2,5-8,11H,3-4,9-10H2,(H,18,19). The van der Waals surface area contributed by atoms with Crippen molar-refractivity contribution < 1.29 is 4.92 Å². The molecule has 0 saturated carbocycles. The van der Waals surface area contributed by atoms with Crippen LogP contribution in [0.1, 0.15) is 12.8 Å². The number of nitro groups is 1. The summed E-state index contributed by atoms with van der Waals surface area (Å²) in [6.07, 6.45) is 2.30. The number of H-pyrrole nitrogens is 1. The third kappa shape index (κ3) is 2.42. The molecule has 1 fully saturated rings. The Balaban J connectivity index is 1.89. The van der Waals surface area contributed by atoms with E-state index >= 15 is 0 Å². The van der Waals surface area contributed by atoms with Gasteiger partial charge >= 0.3 is 0 Å². The van der Waals surface area contributed by atoms with E-state index in [1.165, 1.54) is 0 Å². The molecule has 1 aromatic heterocycles. The summed E-state index contributed by atoms with van der Waals surface area (Å²) in [5.41, 5.74) is 3.68. The minimum absolute atomic E-state index is 0.0865. The van der Waals surface area contributed by atoms with Crippen LogP contribution in [0.2, 0.25) is 0 Å². The van der Waals surface area contributed by atoms with Crippen LogP contribution >= 0.6 is 0 Å². The van der Waals surface area contributed by atoms with Gasteiger partial charge in [0.15, 0.2) is 0 Å². The average Bonchev–Trinajstić information content (AvgIpc) is 3.23. The zero-order chi connectivity index (χ0) is 15.8. The van der Waals surface area contributed by atoms with Gasteiger partial charge in [-0.2, -0.15) is 0 Å². The molecule has 6 nitrogen and oxygen atoms in total. The van der Waals surface area contributed by atoms with E-state index in [2.05, 4.69) is 14.9 Å². The highest BCUT2D eigenvalue weighted by Gasteiger charge is 2.21. The van der Waals surface area contributed by atoms with Crippen molar-refractivity contribution in [2.24, 2.45) is 0 Å². The largest absolute Gasteiger partial charge is 0.371 e. The fraction of sp³-hybridized carbons (Fsp3) is 0.235. The summed E-state index contributed by atoms with van der Waals surface area (Å²) >= 11 is 0. The molecule has 1 N–H and O–H groups in total. The number of hydrogen-bond donors (Lipinski definition) is 1. The second kappa shape index (κ2) is 5.39. The van der Waals surface area contributed by atoms with Crippen LogP contribution in [-0.4, -0.2) is 28.0 Å². The zero-order valence-electron chi connectivity index (χ0n) is 12.5. The Morgan fingerprint density at radius 1 is 1.13 bits per heavy atom. The number of para-hydroxylation sites is 2. The second-order valence-electron chi connectivity index (χ2n) is 5.76. The van der Waals surface area contributed by atoms with Gasteiger partial charge in [-0.1, -0.05) is 12.1 Å². The monoisotopic (exact) mass is 308 g/mol. The molecule has 1 aliphatic rings. The van der Waals surface area contributed by atoms with Crippen molar-refractivity contribution in [2.75, 3.05) is 18.0 Å². The lowest BCUT2D eigenvalue weighted by Gasteiger charge is -2.20. The van der Waals surface area contributed by atoms with Gasteiger partial charge in [0, 0.05) is 36.5 Å². The van der Waals surface area contributed by atoms with Gasteiger partial charge in [-0.25, -0.2) is 4.98 Å². The van der Waals surface area contributed by atoms with E-state index in [0.29, 0.717) is 5.82 Å². The lowest BCUT2D eigenvalue weighted by Crippen LogP contribution is -2.18.